The van der Waals surface area contributed by atoms with E-state index >= 15 is 0 Å². The molecule has 1 heterocycles. The van der Waals surface area contributed by atoms with Crippen LogP contribution in [0.4, 0.5) is 0 Å². The molecule has 0 unspecified atom stereocenters. The van der Waals surface area contributed by atoms with E-state index in [1.165, 1.54) is 0 Å². The van der Waals surface area contributed by atoms with Gasteiger partial charge in [0.15, 0.2) is 0 Å². The number of rotatable bonds is 7. The fourth-order valence-electron chi connectivity index (χ4n) is 2.04. The number of nitrogens with one attached hydrogen (secondary N) is 1. The van der Waals surface area contributed by atoms with Gasteiger partial charge in [0.05, 0.1) is 5.69 Å². The molecule has 21 heavy (non-hydrogen) atoms. The molecule has 6 heteroatoms. The summed E-state index contributed by atoms with van der Waals surface area (Å²) in [4.78, 5) is 23.7. The van der Waals surface area contributed by atoms with Gasteiger partial charge in [-0.25, -0.2) is 4.79 Å². The average molecular weight is 295 g/mol. The van der Waals surface area contributed by atoms with E-state index in [0.29, 0.717) is 18.7 Å². The Morgan fingerprint density at radius 1 is 1.33 bits per heavy atom. The summed E-state index contributed by atoms with van der Waals surface area (Å²) in [6, 6.07) is 0.851. The Morgan fingerprint density at radius 3 is 2.38 bits per heavy atom. The van der Waals surface area contributed by atoms with Crippen molar-refractivity contribution >= 4 is 11.9 Å². The molecule has 1 amide bonds. The smallest absolute Gasteiger partial charge is 0.326 e. The van der Waals surface area contributed by atoms with Crippen LogP contribution in [0.1, 0.15) is 63.1 Å². The third kappa shape index (κ3) is 4.06. The molecule has 0 saturated carbocycles. The molecule has 0 bridgehead atoms. The quantitative estimate of drug-likeness (QED) is 0.808. The van der Waals surface area contributed by atoms with E-state index in [9.17, 15) is 14.7 Å². The number of hydrogen-bond acceptors (Lipinski definition) is 3. The molecule has 1 aromatic rings. The molecule has 0 spiro atoms. The van der Waals surface area contributed by atoms with Gasteiger partial charge >= 0.3 is 5.97 Å². The highest BCUT2D eigenvalue weighted by Crippen LogP contribution is 2.15. The molecule has 0 fully saturated rings. The molecular weight excluding hydrogens is 270 g/mol. The van der Waals surface area contributed by atoms with Crippen LogP contribution >= 0.6 is 0 Å². The summed E-state index contributed by atoms with van der Waals surface area (Å²) >= 11 is 0. The summed E-state index contributed by atoms with van der Waals surface area (Å²) in [6.45, 7) is 10.2. The molecular formula is C15H25N3O3. The van der Waals surface area contributed by atoms with E-state index in [0.717, 1.165) is 5.69 Å². The van der Waals surface area contributed by atoms with Crippen molar-refractivity contribution in [3.05, 3.63) is 17.5 Å². The first-order valence-electron chi connectivity index (χ1n) is 7.43. The highest BCUT2D eigenvalue weighted by Gasteiger charge is 2.27. The van der Waals surface area contributed by atoms with Crippen molar-refractivity contribution in [3.8, 4) is 0 Å². The number of aliphatic carboxylic acids is 1. The van der Waals surface area contributed by atoms with Gasteiger partial charge in [0.1, 0.15) is 11.7 Å². The number of carboxylic acids is 1. The molecule has 0 aliphatic rings. The van der Waals surface area contributed by atoms with Crippen molar-refractivity contribution in [3.63, 3.8) is 0 Å². The van der Waals surface area contributed by atoms with E-state index < -0.39 is 12.0 Å². The highest BCUT2D eigenvalue weighted by atomic mass is 16.4. The predicted molar refractivity (Wildman–Crippen MR) is 80.3 cm³/mol. The molecule has 0 aliphatic heterocycles. The number of carbonyl (C=O) groups is 2. The molecule has 0 saturated heterocycles. The molecule has 1 rings (SSSR count). The van der Waals surface area contributed by atoms with Crippen molar-refractivity contribution < 1.29 is 14.7 Å². The fraction of sp³-hybridized carbons (Fsp3) is 0.667. The third-order valence-corrected chi connectivity index (χ3v) is 3.69. The standard InChI is InChI=1S/C15H25N3O3/c1-6-10(5)13(15(20)21)16-14(19)12-8-11(9(3)4)17-18(12)7-2/h8-10,13H,6-7H2,1-5H3,(H,16,19)(H,20,21)/t10-,13-/m0/s1. The molecule has 118 valence electrons. The van der Waals surface area contributed by atoms with Crippen LogP contribution in [0.25, 0.3) is 0 Å². The van der Waals surface area contributed by atoms with Gasteiger partial charge in [0, 0.05) is 6.54 Å². The lowest BCUT2D eigenvalue weighted by Crippen LogP contribution is -2.45. The predicted octanol–water partition coefficient (Wildman–Crippen LogP) is 2.26. The number of carbonyl (C=O) groups excluding carboxylic acids is 1. The van der Waals surface area contributed by atoms with E-state index in [2.05, 4.69) is 10.4 Å². The lowest BCUT2D eigenvalue weighted by molar-refractivity contribution is -0.140. The van der Waals surface area contributed by atoms with Gasteiger partial charge in [0.2, 0.25) is 0 Å². The maximum atomic E-state index is 12.4. The lowest BCUT2D eigenvalue weighted by Gasteiger charge is -2.20. The molecule has 2 atom stereocenters. The van der Waals surface area contributed by atoms with Crippen molar-refractivity contribution in [2.75, 3.05) is 0 Å². The van der Waals surface area contributed by atoms with Crippen molar-refractivity contribution in [1.29, 1.82) is 0 Å². The zero-order valence-electron chi connectivity index (χ0n) is 13.4. The van der Waals surface area contributed by atoms with Crippen LogP contribution in [0, 0.1) is 5.92 Å². The Bertz CT molecular complexity index is 508. The normalized spacial score (nSPS) is 14.0. The second-order valence-corrected chi connectivity index (χ2v) is 5.60. The van der Waals surface area contributed by atoms with Crippen molar-refractivity contribution in [2.45, 2.75) is 59.5 Å². The average Bonchev–Trinajstić information content (AvgIpc) is 2.87. The second kappa shape index (κ2) is 7.24. The maximum absolute atomic E-state index is 12.4. The molecule has 0 aliphatic carbocycles. The van der Waals surface area contributed by atoms with Gasteiger partial charge in [0.25, 0.3) is 5.91 Å². The summed E-state index contributed by atoms with van der Waals surface area (Å²) in [7, 11) is 0. The van der Waals surface area contributed by atoms with Gasteiger partial charge in [-0.05, 0) is 24.8 Å². The van der Waals surface area contributed by atoms with Crippen LogP contribution in [0.2, 0.25) is 0 Å². The molecule has 0 aromatic carbocycles. The van der Waals surface area contributed by atoms with Crippen LogP contribution < -0.4 is 5.32 Å². The van der Waals surface area contributed by atoms with Gasteiger partial charge < -0.3 is 10.4 Å². The van der Waals surface area contributed by atoms with Crippen LogP contribution in [-0.2, 0) is 11.3 Å². The largest absolute Gasteiger partial charge is 0.480 e. The number of hydrogen-bond donors (Lipinski definition) is 2. The lowest BCUT2D eigenvalue weighted by atomic mass is 9.99. The van der Waals surface area contributed by atoms with Crippen LogP contribution in [0.15, 0.2) is 6.07 Å². The van der Waals surface area contributed by atoms with Gasteiger partial charge in [-0.3, -0.25) is 9.48 Å². The van der Waals surface area contributed by atoms with E-state index in [1.807, 2.05) is 34.6 Å². The van der Waals surface area contributed by atoms with Gasteiger partial charge in [-0.2, -0.15) is 5.10 Å². The van der Waals surface area contributed by atoms with Crippen LogP contribution in [-0.4, -0.2) is 32.8 Å². The highest BCUT2D eigenvalue weighted by molar-refractivity contribution is 5.95. The topological polar surface area (TPSA) is 84.2 Å². The number of nitrogens with zero attached hydrogens (tertiary/aromatic N) is 2. The summed E-state index contributed by atoms with van der Waals surface area (Å²) in [5, 5.41) is 16.2. The van der Waals surface area contributed by atoms with Crippen LogP contribution in [0.3, 0.4) is 0 Å². The Hall–Kier alpha value is -1.85. The third-order valence-electron chi connectivity index (χ3n) is 3.69. The molecule has 0 radical (unpaired) electrons. The number of aryl methyl sites for hydroxylation is 1. The minimum absolute atomic E-state index is 0.131. The summed E-state index contributed by atoms with van der Waals surface area (Å²) < 4.78 is 1.61. The van der Waals surface area contributed by atoms with E-state index in [1.54, 1.807) is 10.7 Å². The fourth-order valence-corrected chi connectivity index (χ4v) is 2.04. The molecule has 2 N–H and O–H groups in total. The summed E-state index contributed by atoms with van der Waals surface area (Å²) in [5.41, 5.74) is 1.24. The van der Waals surface area contributed by atoms with Gasteiger partial charge in [-0.15, -0.1) is 0 Å². The first-order chi connectivity index (χ1) is 9.81. The Morgan fingerprint density at radius 2 is 1.95 bits per heavy atom. The Balaban J connectivity index is 2.99. The monoisotopic (exact) mass is 295 g/mol. The van der Waals surface area contributed by atoms with Gasteiger partial charge in [-0.1, -0.05) is 34.1 Å². The SMILES string of the molecule is CC[C@H](C)[C@H](NC(=O)c1cc(C(C)C)nn1CC)C(=O)O. The summed E-state index contributed by atoms with van der Waals surface area (Å²) in [6.07, 6.45) is 0.682. The van der Waals surface area contributed by atoms with Crippen molar-refractivity contribution in [1.82, 2.24) is 15.1 Å². The second-order valence-electron chi connectivity index (χ2n) is 5.60. The number of aromatic nitrogens is 2. The first kappa shape index (κ1) is 17.2. The zero-order valence-corrected chi connectivity index (χ0v) is 13.4. The van der Waals surface area contributed by atoms with Crippen molar-refractivity contribution in [2.24, 2.45) is 5.92 Å². The Kier molecular flexibility index (Phi) is 5.93. The summed E-state index contributed by atoms with van der Waals surface area (Å²) in [5.74, 6) is -1.31. The first-order valence-corrected chi connectivity index (χ1v) is 7.43. The maximum Gasteiger partial charge on any atom is 0.326 e. The Labute approximate surface area is 125 Å². The van der Waals surface area contributed by atoms with E-state index in [4.69, 9.17) is 0 Å². The van der Waals surface area contributed by atoms with Crippen LogP contribution in [0.5, 0.6) is 0 Å². The number of carboxylic acid groups (broad SMARTS) is 1. The minimum Gasteiger partial charge on any atom is -0.480 e. The molecule has 6 nitrogen and oxygen atoms in total. The zero-order chi connectivity index (χ0) is 16.2. The minimum atomic E-state index is -1.01. The molecule has 1 aromatic heterocycles. The number of amides is 1. The van der Waals surface area contributed by atoms with E-state index in [-0.39, 0.29) is 17.7 Å².